The molecule has 2 aromatic heterocycles. The van der Waals surface area contributed by atoms with Crippen LogP contribution in [0, 0.1) is 0 Å². The predicted octanol–water partition coefficient (Wildman–Crippen LogP) is 3.61. The van der Waals surface area contributed by atoms with Crippen LogP contribution in [0.4, 0.5) is 0 Å². The highest BCUT2D eigenvalue weighted by atomic mass is 16.1. The normalized spacial score (nSPS) is 11.6. The fourth-order valence-electron chi connectivity index (χ4n) is 2.66. The Balaban J connectivity index is 2.28. The number of aromatic nitrogens is 2. The number of hydrogen-bond acceptors (Lipinski definition) is 1. The maximum absolute atomic E-state index is 11.0. The first-order valence-electron chi connectivity index (χ1n) is 5.83. The van der Waals surface area contributed by atoms with Crippen molar-refractivity contribution in [2.45, 2.75) is 0 Å². The maximum Gasteiger partial charge on any atom is 0.152 e. The molecule has 0 aliphatic heterocycles. The van der Waals surface area contributed by atoms with Crippen molar-refractivity contribution in [3.8, 4) is 0 Å². The van der Waals surface area contributed by atoms with Crippen molar-refractivity contribution in [1.82, 2.24) is 9.97 Å². The molecule has 0 atom stereocenters. The first-order valence-corrected chi connectivity index (χ1v) is 5.83. The minimum absolute atomic E-state index is 0.707. The van der Waals surface area contributed by atoms with Gasteiger partial charge >= 0.3 is 0 Å². The molecule has 0 saturated carbocycles. The van der Waals surface area contributed by atoms with Gasteiger partial charge in [0.05, 0.1) is 11.0 Å². The van der Waals surface area contributed by atoms with Crippen LogP contribution in [0.1, 0.15) is 10.4 Å². The van der Waals surface area contributed by atoms with Crippen LogP contribution in [0.5, 0.6) is 0 Å². The topological polar surface area (TPSA) is 48.6 Å². The minimum atomic E-state index is 0.707. The number of aromatic amines is 2. The molecule has 0 aliphatic rings. The third-order valence-electron chi connectivity index (χ3n) is 3.53. The monoisotopic (exact) mass is 234 g/mol. The Bertz CT molecular complexity index is 899. The summed E-state index contributed by atoms with van der Waals surface area (Å²) in [5, 5.41) is 4.48. The van der Waals surface area contributed by atoms with Crippen LogP contribution < -0.4 is 0 Å². The van der Waals surface area contributed by atoms with Gasteiger partial charge in [-0.05, 0) is 6.07 Å². The zero-order valence-electron chi connectivity index (χ0n) is 9.53. The zero-order valence-corrected chi connectivity index (χ0v) is 9.53. The molecule has 18 heavy (non-hydrogen) atoms. The van der Waals surface area contributed by atoms with Gasteiger partial charge in [-0.3, -0.25) is 4.79 Å². The van der Waals surface area contributed by atoms with Crippen molar-refractivity contribution in [2.24, 2.45) is 0 Å². The lowest BCUT2D eigenvalue weighted by molar-refractivity contribution is 0.112. The van der Waals surface area contributed by atoms with Crippen LogP contribution in [-0.2, 0) is 0 Å². The number of carbonyl (C=O) groups excluding carboxylic acids is 1. The molecule has 0 radical (unpaired) electrons. The third kappa shape index (κ3) is 1.06. The summed E-state index contributed by atoms with van der Waals surface area (Å²) in [6, 6.07) is 10.3. The number of H-pyrrole nitrogens is 2. The molecule has 4 aromatic rings. The van der Waals surface area contributed by atoms with Crippen LogP contribution in [0.3, 0.4) is 0 Å². The van der Waals surface area contributed by atoms with Crippen LogP contribution >= 0.6 is 0 Å². The van der Waals surface area contributed by atoms with E-state index in [1.54, 1.807) is 6.20 Å². The highest BCUT2D eigenvalue weighted by Crippen LogP contribution is 2.30. The molecular formula is C15H10N2O. The summed E-state index contributed by atoms with van der Waals surface area (Å²) in [6.45, 7) is 0. The Morgan fingerprint density at radius 1 is 0.833 bits per heavy atom. The highest BCUT2D eigenvalue weighted by molar-refractivity contribution is 6.17. The van der Waals surface area contributed by atoms with Gasteiger partial charge in [-0.25, -0.2) is 0 Å². The smallest absolute Gasteiger partial charge is 0.152 e. The average molecular weight is 234 g/mol. The summed E-state index contributed by atoms with van der Waals surface area (Å²) in [7, 11) is 0. The molecule has 86 valence electrons. The molecule has 3 nitrogen and oxygen atoms in total. The van der Waals surface area contributed by atoms with Gasteiger partial charge in [-0.1, -0.05) is 24.3 Å². The Kier molecular flexibility index (Phi) is 1.70. The Hall–Kier alpha value is -2.55. The molecule has 0 amide bonds. The molecule has 0 bridgehead atoms. The number of carbonyl (C=O) groups is 1. The van der Waals surface area contributed by atoms with Gasteiger partial charge < -0.3 is 9.97 Å². The van der Waals surface area contributed by atoms with Gasteiger partial charge in [-0.2, -0.15) is 0 Å². The fraction of sp³-hybridized carbons (Fsp3) is 0. The maximum atomic E-state index is 11.0. The van der Waals surface area contributed by atoms with Crippen LogP contribution in [0.25, 0.3) is 32.6 Å². The van der Waals surface area contributed by atoms with Gasteiger partial charge in [0.25, 0.3) is 0 Å². The lowest BCUT2D eigenvalue weighted by Crippen LogP contribution is -1.79. The van der Waals surface area contributed by atoms with Crippen molar-refractivity contribution in [2.75, 3.05) is 0 Å². The number of benzene rings is 2. The molecule has 2 N–H and O–H groups in total. The summed E-state index contributed by atoms with van der Waals surface area (Å²) in [6.07, 6.45) is 4.59. The molecule has 0 aliphatic carbocycles. The summed E-state index contributed by atoms with van der Waals surface area (Å²) in [5.74, 6) is 0. The van der Waals surface area contributed by atoms with Crippen LogP contribution in [0.15, 0.2) is 42.7 Å². The molecule has 4 rings (SSSR count). The van der Waals surface area contributed by atoms with Gasteiger partial charge in [0.2, 0.25) is 0 Å². The summed E-state index contributed by atoms with van der Waals surface area (Å²) in [4.78, 5) is 17.4. The Morgan fingerprint density at radius 2 is 1.61 bits per heavy atom. The van der Waals surface area contributed by atoms with Crippen molar-refractivity contribution < 1.29 is 4.79 Å². The molecule has 0 unspecified atom stereocenters. The second-order valence-corrected chi connectivity index (χ2v) is 4.45. The molecule has 0 spiro atoms. The van der Waals surface area contributed by atoms with Crippen molar-refractivity contribution in [3.63, 3.8) is 0 Å². The molecule has 2 heterocycles. The summed E-state index contributed by atoms with van der Waals surface area (Å²) >= 11 is 0. The van der Waals surface area contributed by atoms with Gasteiger partial charge in [0, 0.05) is 39.5 Å². The van der Waals surface area contributed by atoms with E-state index in [1.165, 1.54) is 10.8 Å². The van der Waals surface area contributed by atoms with Crippen molar-refractivity contribution in [1.29, 1.82) is 0 Å². The molecule has 2 aromatic carbocycles. The van der Waals surface area contributed by atoms with E-state index < -0.39 is 0 Å². The lowest BCUT2D eigenvalue weighted by Gasteiger charge is -2.02. The number of hydrogen-bond donors (Lipinski definition) is 2. The van der Waals surface area contributed by atoms with Crippen LogP contribution in [-0.4, -0.2) is 16.3 Å². The zero-order chi connectivity index (χ0) is 12.1. The van der Waals surface area contributed by atoms with E-state index in [9.17, 15) is 4.79 Å². The van der Waals surface area contributed by atoms with Gasteiger partial charge in [-0.15, -0.1) is 0 Å². The van der Waals surface area contributed by atoms with E-state index in [4.69, 9.17) is 0 Å². The van der Waals surface area contributed by atoms with Crippen molar-refractivity contribution in [3.05, 3.63) is 48.3 Å². The molecule has 0 fully saturated rings. The SMILES string of the molecule is O=Cc1c[nH]c2c1ccc1c2ccc2cc[nH]c21. The van der Waals surface area contributed by atoms with Crippen molar-refractivity contribution >= 4 is 38.9 Å². The first-order chi connectivity index (χ1) is 8.88. The fourth-order valence-corrected chi connectivity index (χ4v) is 2.66. The highest BCUT2D eigenvalue weighted by Gasteiger charge is 2.08. The van der Waals surface area contributed by atoms with E-state index >= 15 is 0 Å². The van der Waals surface area contributed by atoms with Gasteiger partial charge in [0.1, 0.15) is 0 Å². The predicted molar refractivity (Wildman–Crippen MR) is 73.0 cm³/mol. The second kappa shape index (κ2) is 3.23. The number of fused-ring (bicyclic) bond motifs is 5. The molecule has 0 saturated heterocycles. The number of rotatable bonds is 1. The van der Waals surface area contributed by atoms with E-state index in [-0.39, 0.29) is 0 Å². The number of nitrogens with one attached hydrogen (secondary N) is 2. The minimum Gasteiger partial charge on any atom is -0.361 e. The Morgan fingerprint density at radius 3 is 2.50 bits per heavy atom. The van der Waals surface area contributed by atoms with E-state index in [0.717, 1.165) is 28.1 Å². The van der Waals surface area contributed by atoms with Crippen LogP contribution in [0.2, 0.25) is 0 Å². The van der Waals surface area contributed by atoms with E-state index in [2.05, 4.69) is 34.2 Å². The summed E-state index contributed by atoms with van der Waals surface area (Å²) < 4.78 is 0. The second-order valence-electron chi connectivity index (χ2n) is 4.45. The van der Waals surface area contributed by atoms with Gasteiger partial charge in [0.15, 0.2) is 6.29 Å². The number of aldehydes is 1. The molecule has 3 heteroatoms. The first kappa shape index (κ1) is 9.48. The quantitative estimate of drug-likeness (QED) is 0.485. The van der Waals surface area contributed by atoms with E-state index in [0.29, 0.717) is 5.56 Å². The summed E-state index contributed by atoms with van der Waals surface area (Å²) in [5.41, 5.74) is 2.86. The van der Waals surface area contributed by atoms with E-state index in [1.807, 2.05) is 12.3 Å². The Labute approximate surface area is 102 Å². The average Bonchev–Trinajstić information content (AvgIpc) is 3.04. The third-order valence-corrected chi connectivity index (χ3v) is 3.53. The standard InChI is InChI=1S/C15H10N2O/c18-8-10-7-17-15-11(10)3-4-12-13(15)2-1-9-5-6-16-14(9)12/h1-8,16-17H. The lowest BCUT2D eigenvalue weighted by atomic mass is 10.0. The molecular weight excluding hydrogens is 224 g/mol. The largest absolute Gasteiger partial charge is 0.361 e.